The van der Waals surface area contributed by atoms with Crippen LogP contribution in [-0.2, 0) is 0 Å². The highest BCUT2D eigenvalue weighted by atomic mass is 16.6. The maximum atomic E-state index is 13.2. The molecule has 0 spiro atoms. The van der Waals surface area contributed by atoms with Gasteiger partial charge in [0.25, 0.3) is 11.2 Å². The van der Waals surface area contributed by atoms with Crippen molar-refractivity contribution in [3.8, 4) is 11.4 Å². The van der Waals surface area contributed by atoms with Gasteiger partial charge in [0.15, 0.2) is 0 Å². The molecule has 4 aromatic rings. The van der Waals surface area contributed by atoms with Gasteiger partial charge in [-0.15, -0.1) is 0 Å². The molecule has 7 heteroatoms. The Balaban J connectivity index is 1.97. The number of hydrogen-bond donors (Lipinski definition) is 1. The molecule has 0 amide bonds. The lowest BCUT2D eigenvalue weighted by Crippen LogP contribution is -2.22. The Bertz CT molecular complexity index is 1330. The van der Waals surface area contributed by atoms with Gasteiger partial charge in [0.1, 0.15) is 11.6 Å². The third kappa shape index (κ3) is 3.37. The van der Waals surface area contributed by atoms with E-state index < -0.39 is 4.92 Å². The van der Waals surface area contributed by atoms with Crippen molar-refractivity contribution < 1.29 is 10.0 Å². The Morgan fingerprint density at radius 3 is 2.41 bits per heavy atom. The Morgan fingerprint density at radius 1 is 0.931 bits per heavy atom. The van der Waals surface area contributed by atoms with Crippen LogP contribution in [0.3, 0.4) is 0 Å². The molecule has 3 aromatic carbocycles. The number of phenolic OH excluding ortho intramolecular Hbond substituents is 1. The first kappa shape index (κ1) is 18.1. The molecule has 142 valence electrons. The summed E-state index contributed by atoms with van der Waals surface area (Å²) in [5.74, 6) is 0.167. The van der Waals surface area contributed by atoms with Crippen LogP contribution in [0.2, 0.25) is 0 Å². The van der Waals surface area contributed by atoms with Crippen LogP contribution in [0.5, 0.6) is 5.75 Å². The van der Waals surface area contributed by atoms with Gasteiger partial charge in [-0.1, -0.05) is 36.4 Å². The Labute approximate surface area is 165 Å². The van der Waals surface area contributed by atoms with Gasteiger partial charge in [-0.25, -0.2) is 4.98 Å². The number of para-hydroxylation sites is 4. The molecule has 1 aromatic heterocycles. The van der Waals surface area contributed by atoms with Crippen molar-refractivity contribution in [2.75, 3.05) is 0 Å². The third-order valence-corrected chi connectivity index (χ3v) is 4.47. The molecule has 0 aliphatic heterocycles. The average Bonchev–Trinajstić information content (AvgIpc) is 2.73. The quantitative estimate of drug-likeness (QED) is 0.420. The maximum absolute atomic E-state index is 13.2. The van der Waals surface area contributed by atoms with Crippen molar-refractivity contribution in [2.24, 2.45) is 0 Å². The van der Waals surface area contributed by atoms with E-state index in [0.29, 0.717) is 16.5 Å². The molecule has 0 aliphatic carbocycles. The number of nitro benzene ring substituents is 1. The number of phenols is 1. The number of benzene rings is 3. The molecule has 29 heavy (non-hydrogen) atoms. The highest BCUT2D eigenvalue weighted by Crippen LogP contribution is 2.24. The van der Waals surface area contributed by atoms with Crippen LogP contribution in [0.1, 0.15) is 11.4 Å². The number of nitrogens with zero attached hydrogens (tertiary/aromatic N) is 3. The Kier molecular flexibility index (Phi) is 4.62. The lowest BCUT2D eigenvalue weighted by Gasteiger charge is -2.12. The van der Waals surface area contributed by atoms with Crippen LogP contribution >= 0.6 is 0 Å². The second kappa shape index (κ2) is 7.40. The highest BCUT2D eigenvalue weighted by molar-refractivity contribution is 5.81. The Morgan fingerprint density at radius 2 is 1.62 bits per heavy atom. The molecule has 0 radical (unpaired) electrons. The van der Waals surface area contributed by atoms with Crippen molar-refractivity contribution in [3.05, 3.63) is 105 Å². The summed E-state index contributed by atoms with van der Waals surface area (Å²) in [5, 5.41) is 22.0. The summed E-state index contributed by atoms with van der Waals surface area (Å²) < 4.78 is 1.29. The van der Waals surface area contributed by atoms with E-state index in [1.807, 2.05) is 0 Å². The first-order valence-corrected chi connectivity index (χ1v) is 8.78. The zero-order valence-electron chi connectivity index (χ0n) is 15.1. The van der Waals surface area contributed by atoms with E-state index in [4.69, 9.17) is 0 Å². The summed E-state index contributed by atoms with van der Waals surface area (Å²) in [7, 11) is 0. The molecule has 0 bridgehead atoms. The molecule has 0 unspecified atom stereocenters. The number of nitro groups is 1. The molecular weight excluding hydrogens is 370 g/mol. The first-order chi connectivity index (χ1) is 14.1. The predicted octanol–water partition coefficient (Wildman–Crippen LogP) is 4.17. The number of hydrogen-bond acceptors (Lipinski definition) is 5. The second-order valence-electron chi connectivity index (χ2n) is 6.27. The van der Waals surface area contributed by atoms with Crippen molar-refractivity contribution in [2.45, 2.75) is 0 Å². The third-order valence-electron chi connectivity index (χ3n) is 4.47. The molecule has 1 heterocycles. The second-order valence-corrected chi connectivity index (χ2v) is 6.27. The summed E-state index contributed by atoms with van der Waals surface area (Å²) in [6.45, 7) is 0. The number of rotatable bonds is 4. The number of fused-ring (bicyclic) bond motifs is 1. The molecular formula is C22H15N3O4. The maximum Gasteiger partial charge on any atom is 0.276 e. The van der Waals surface area contributed by atoms with Gasteiger partial charge in [0, 0.05) is 6.07 Å². The smallest absolute Gasteiger partial charge is 0.276 e. The monoisotopic (exact) mass is 385 g/mol. The fourth-order valence-corrected chi connectivity index (χ4v) is 3.11. The molecule has 0 aliphatic rings. The van der Waals surface area contributed by atoms with Crippen molar-refractivity contribution in [1.29, 1.82) is 0 Å². The van der Waals surface area contributed by atoms with Crippen LogP contribution in [0.4, 0.5) is 5.69 Å². The van der Waals surface area contributed by atoms with Crippen LogP contribution in [0.25, 0.3) is 28.7 Å². The van der Waals surface area contributed by atoms with E-state index in [1.54, 1.807) is 60.7 Å². The van der Waals surface area contributed by atoms with Gasteiger partial charge < -0.3 is 5.11 Å². The molecule has 1 N–H and O–H groups in total. The van der Waals surface area contributed by atoms with Crippen LogP contribution < -0.4 is 5.56 Å². The lowest BCUT2D eigenvalue weighted by atomic mass is 10.1. The zero-order chi connectivity index (χ0) is 20.4. The van der Waals surface area contributed by atoms with Crippen molar-refractivity contribution >= 4 is 28.7 Å². The standard InChI is InChI=1S/C22H15N3O4/c26-20-12-6-5-11-19(20)24-21(23-17-9-3-2-8-16(17)22(24)27)14-13-15-7-1-4-10-18(15)25(28)29/h1-14,26H/b14-13+. The van der Waals surface area contributed by atoms with E-state index in [2.05, 4.69) is 4.98 Å². The van der Waals surface area contributed by atoms with Gasteiger partial charge in [-0.2, -0.15) is 0 Å². The van der Waals surface area contributed by atoms with Gasteiger partial charge in [-0.3, -0.25) is 19.5 Å². The predicted molar refractivity (Wildman–Crippen MR) is 111 cm³/mol. The van der Waals surface area contributed by atoms with Crippen LogP contribution in [0, 0.1) is 10.1 Å². The summed E-state index contributed by atoms with van der Waals surface area (Å²) in [6.07, 6.45) is 3.06. The highest BCUT2D eigenvalue weighted by Gasteiger charge is 2.14. The summed E-state index contributed by atoms with van der Waals surface area (Å²) in [5.41, 5.74) is 0.744. The molecule has 4 rings (SSSR count). The van der Waals surface area contributed by atoms with Gasteiger partial charge in [0.2, 0.25) is 0 Å². The number of aromatic nitrogens is 2. The van der Waals surface area contributed by atoms with Crippen molar-refractivity contribution in [1.82, 2.24) is 9.55 Å². The molecule has 7 nitrogen and oxygen atoms in total. The summed E-state index contributed by atoms with van der Waals surface area (Å²) in [6, 6.07) is 19.6. The SMILES string of the molecule is O=c1c2ccccc2nc(/C=C/c2ccccc2[N+](=O)[O-])n1-c1ccccc1O. The van der Waals surface area contributed by atoms with E-state index in [-0.39, 0.29) is 28.5 Å². The fourth-order valence-electron chi connectivity index (χ4n) is 3.11. The fraction of sp³-hybridized carbons (Fsp3) is 0. The molecule has 0 fully saturated rings. The summed E-state index contributed by atoms with van der Waals surface area (Å²) >= 11 is 0. The molecule has 0 saturated heterocycles. The van der Waals surface area contributed by atoms with Crippen LogP contribution in [0.15, 0.2) is 77.6 Å². The van der Waals surface area contributed by atoms with Gasteiger partial charge >= 0.3 is 0 Å². The van der Waals surface area contributed by atoms with E-state index in [1.165, 1.54) is 28.9 Å². The normalized spacial score (nSPS) is 11.2. The largest absolute Gasteiger partial charge is 0.506 e. The van der Waals surface area contributed by atoms with Crippen molar-refractivity contribution in [3.63, 3.8) is 0 Å². The Hall–Kier alpha value is -4.26. The lowest BCUT2D eigenvalue weighted by molar-refractivity contribution is -0.385. The summed E-state index contributed by atoms with van der Waals surface area (Å²) in [4.78, 5) is 28.5. The van der Waals surface area contributed by atoms with E-state index in [9.17, 15) is 20.0 Å². The minimum atomic E-state index is -0.469. The topological polar surface area (TPSA) is 98.3 Å². The van der Waals surface area contributed by atoms with Crippen LogP contribution in [-0.4, -0.2) is 19.6 Å². The van der Waals surface area contributed by atoms with E-state index >= 15 is 0 Å². The van der Waals surface area contributed by atoms with Gasteiger partial charge in [0.05, 0.1) is 27.1 Å². The molecule has 0 saturated carbocycles. The minimum absolute atomic E-state index is 0.0546. The molecule has 0 atom stereocenters. The average molecular weight is 385 g/mol. The minimum Gasteiger partial charge on any atom is -0.506 e. The van der Waals surface area contributed by atoms with Gasteiger partial charge in [-0.05, 0) is 42.5 Å². The first-order valence-electron chi connectivity index (χ1n) is 8.78. The number of aromatic hydroxyl groups is 1. The zero-order valence-corrected chi connectivity index (χ0v) is 15.1. The van der Waals surface area contributed by atoms with E-state index in [0.717, 1.165) is 0 Å².